The summed E-state index contributed by atoms with van der Waals surface area (Å²) in [6, 6.07) is 0. The van der Waals surface area contributed by atoms with Crippen molar-refractivity contribution in [3.05, 3.63) is 0 Å². The van der Waals surface area contributed by atoms with Crippen molar-refractivity contribution in [3.8, 4) is 0 Å². The van der Waals surface area contributed by atoms with Crippen LogP contribution in [0.2, 0.25) is 6.82 Å². The smallest absolute Gasteiger partial charge is 0.210 e. The van der Waals surface area contributed by atoms with Crippen molar-refractivity contribution in [1.29, 1.82) is 0 Å². The summed E-state index contributed by atoms with van der Waals surface area (Å²) in [5.74, 6) is 0. The van der Waals surface area contributed by atoms with E-state index in [1.54, 1.807) is 11.8 Å². The molecule has 0 heterocycles. The van der Waals surface area contributed by atoms with E-state index < -0.39 is 0 Å². The normalized spacial score (nSPS) is 9.33. The molecule has 0 aliphatic rings. The predicted octanol–water partition coefficient (Wildman–Crippen LogP) is 0.863. The Labute approximate surface area is 44.4 Å². The molecule has 0 aromatic carbocycles. The zero-order valence-electron chi connectivity index (χ0n) is 4.43. The molecule has 0 N–H and O–H groups in total. The van der Waals surface area contributed by atoms with Crippen molar-refractivity contribution in [1.82, 2.24) is 4.31 Å². The third-order valence-electron chi connectivity index (χ3n) is 0.316. The molecule has 0 bridgehead atoms. The average molecular weight is 102 g/mol. The molecule has 1 nitrogen and oxygen atoms in total. The average Bonchev–Trinajstić information content (AvgIpc) is 1.35. The van der Waals surface area contributed by atoms with E-state index in [-0.39, 0.29) is 0 Å². The summed E-state index contributed by atoms with van der Waals surface area (Å²) in [4.78, 5) is 0. The van der Waals surface area contributed by atoms with E-state index in [1.807, 2.05) is 31.8 Å². The fourth-order valence-corrected chi connectivity index (χ4v) is 0.632. The van der Waals surface area contributed by atoms with Gasteiger partial charge in [0.2, 0.25) is 6.56 Å². The van der Waals surface area contributed by atoms with Gasteiger partial charge in [0.05, 0.1) is 0 Å². The minimum absolute atomic E-state index is 1.69. The predicted molar refractivity (Wildman–Crippen MR) is 32.9 cm³/mol. The number of nitrogens with zero attached hydrogens (tertiary/aromatic N) is 1. The van der Waals surface area contributed by atoms with Crippen LogP contribution in [0.1, 0.15) is 0 Å². The minimum atomic E-state index is 1.69. The molecule has 0 rings (SSSR count). The number of hydrogen-bond acceptors (Lipinski definition) is 2. The van der Waals surface area contributed by atoms with Gasteiger partial charge in [0.1, 0.15) is 0 Å². The van der Waals surface area contributed by atoms with Crippen LogP contribution in [0.25, 0.3) is 0 Å². The van der Waals surface area contributed by atoms with Gasteiger partial charge in [-0.3, -0.25) is 4.31 Å². The fourth-order valence-electron chi connectivity index (χ4n) is 0.211. The highest BCUT2D eigenvalue weighted by Gasteiger charge is 1.81. The molecule has 3 heteroatoms. The summed E-state index contributed by atoms with van der Waals surface area (Å²) in [7, 11) is 4.04. The summed E-state index contributed by atoms with van der Waals surface area (Å²) in [6.45, 7) is 4.06. The van der Waals surface area contributed by atoms with Gasteiger partial charge in [-0.15, -0.1) is 11.8 Å². The van der Waals surface area contributed by atoms with Crippen molar-refractivity contribution in [2.75, 3.05) is 14.1 Å². The first kappa shape index (κ1) is 6.37. The van der Waals surface area contributed by atoms with Gasteiger partial charge >= 0.3 is 0 Å². The van der Waals surface area contributed by atoms with Gasteiger partial charge in [0, 0.05) is 0 Å². The monoisotopic (exact) mass is 102 g/mol. The molecular weight excluding hydrogens is 92.9 g/mol. The molecular formula is C3H9BNS. The molecule has 0 atom stereocenters. The second-order valence-corrected chi connectivity index (χ2v) is 2.57. The maximum absolute atomic E-state index is 2.04. The second kappa shape index (κ2) is 3.56. The van der Waals surface area contributed by atoms with Crippen LogP contribution in [0.15, 0.2) is 0 Å². The molecule has 6 heavy (non-hydrogen) atoms. The standard InChI is InChI=1S/C3H9BNS/c1-4-6-5(2)3/h1-3H3. The Balaban J connectivity index is 2.63. The Kier molecular flexibility index (Phi) is 3.78. The van der Waals surface area contributed by atoms with Crippen LogP contribution < -0.4 is 0 Å². The molecule has 35 valence electrons. The van der Waals surface area contributed by atoms with Crippen LogP contribution >= 0.6 is 11.8 Å². The van der Waals surface area contributed by atoms with Gasteiger partial charge in [-0.05, 0) is 14.1 Å². The van der Waals surface area contributed by atoms with Crippen molar-refractivity contribution in [3.63, 3.8) is 0 Å². The molecule has 0 amide bonds. The summed E-state index contributed by atoms with van der Waals surface area (Å²) in [5, 5.41) is 0. The van der Waals surface area contributed by atoms with E-state index >= 15 is 0 Å². The van der Waals surface area contributed by atoms with E-state index in [2.05, 4.69) is 0 Å². The van der Waals surface area contributed by atoms with Gasteiger partial charge < -0.3 is 0 Å². The molecule has 0 aromatic rings. The highest BCUT2D eigenvalue weighted by Crippen LogP contribution is 1.96. The summed E-state index contributed by atoms with van der Waals surface area (Å²) >= 11 is 1.69. The lowest BCUT2D eigenvalue weighted by molar-refractivity contribution is 0.710. The zero-order chi connectivity index (χ0) is 4.99. The summed E-state index contributed by atoms with van der Waals surface area (Å²) < 4.78 is 2.04. The Morgan fingerprint density at radius 3 is 2.00 bits per heavy atom. The zero-order valence-corrected chi connectivity index (χ0v) is 5.25. The number of hydrogen-bond donors (Lipinski definition) is 0. The van der Waals surface area contributed by atoms with E-state index in [0.717, 1.165) is 0 Å². The summed E-state index contributed by atoms with van der Waals surface area (Å²) in [5.41, 5.74) is 0. The third kappa shape index (κ3) is 4.37. The van der Waals surface area contributed by atoms with Crippen molar-refractivity contribution in [2.45, 2.75) is 6.82 Å². The first-order chi connectivity index (χ1) is 2.77. The van der Waals surface area contributed by atoms with Crippen LogP contribution in [-0.4, -0.2) is 25.0 Å². The second-order valence-electron chi connectivity index (χ2n) is 1.15. The van der Waals surface area contributed by atoms with E-state index in [4.69, 9.17) is 0 Å². The first-order valence-corrected chi connectivity index (χ1v) is 2.73. The molecule has 0 aliphatic carbocycles. The molecule has 0 saturated carbocycles. The van der Waals surface area contributed by atoms with Crippen LogP contribution in [-0.2, 0) is 0 Å². The Hall–Kier alpha value is 0.375. The molecule has 0 aliphatic heterocycles. The topological polar surface area (TPSA) is 3.24 Å². The maximum atomic E-state index is 2.04. The molecule has 0 spiro atoms. The lowest BCUT2D eigenvalue weighted by Crippen LogP contribution is -1.99. The largest absolute Gasteiger partial charge is 0.267 e. The summed E-state index contributed by atoms with van der Waals surface area (Å²) in [6.07, 6.45) is 0. The van der Waals surface area contributed by atoms with Gasteiger partial charge in [-0.1, -0.05) is 6.82 Å². The molecule has 0 unspecified atom stereocenters. The van der Waals surface area contributed by atoms with E-state index in [0.29, 0.717) is 0 Å². The van der Waals surface area contributed by atoms with Crippen molar-refractivity contribution in [2.24, 2.45) is 0 Å². The first-order valence-electron chi connectivity index (χ1n) is 1.89. The van der Waals surface area contributed by atoms with E-state index in [9.17, 15) is 0 Å². The highest BCUT2D eigenvalue weighted by atomic mass is 32.2. The Morgan fingerprint density at radius 2 is 2.00 bits per heavy atom. The number of rotatable bonds is 2. The van der Waals surface area contributed by atoms with Gasteiger partial charge in [0.15, 0.2) is 0 Å². The fraction of sp³-hybridized carbons (Fsp3) is 1.00. The molecule has 0 aromatic heterocycles. The minimum Gasteiger partial charge on any atom is -0.267 e. The van der Waals surface area contributed by atoms with E-state index in [1.165, 1.54) is 0 Å². The van der Waals surface area contributed by atoms with Gasteiger partial charge in [-0.25, -0.2) is 0 Å². The van der Waals surface area contributed by atoms with Gasteiger partial charge in [0.25, 0.3) is 0 Å². The van der Waals surface area contributed by atoms with Crippen LogP contribution in [0.5, 0.6) is 0 Å². The lowest BCUT2D eigenvalue weighted by atomic mass is 10.2. The van der Waals surface area contributed by atoms with Crippen LogP contribution in [0.4, 0.5) is 0 Å². The Morgan fingerprint density at radius 1 is 1.50 bits per heavy atom. The third-order valence-corrected chi connectivity index (χ3v) is 0.949. The van der Waals surface area contributed by atoms with Crippen molar-refractivity contribution >= 4 is 18.4 Å². The molecule has 0 fully saturated rings. The van der Waals surface area contributed by atoms with Crippen LogP contribution in [0, 0.1) is 0 Å². The van der Waals surface area contributed by atoms with Gasteiger partial charge in [-0.2, -0.15) is 0 Å². The SMILES string of the molecule is C[B]SN(C)C. The molecule has 1 radical (unpaired) electrons. The Bertz CT molecular complexity index is 32.0. The van der Waals surface area contributed by atoms with Crippen LogP contribution in [0.3, 0.4) is 0 Å². The highest BCUT2D eigenvalue weighted by molar-refractivity contribution is 8.20. The van der Waals surface area contributed by atoms with Crippen molar-refractivity contribution < 1.29 is 0 Å². The quantitative estimate of drug-likeness (QED) is 0.375. The lowest BCUT2D eigenvalue weighted by Gasteiger charge is -2.02. The molecule has 0 saturated heterocycles. The maximum Gasteiger partial charge on any atom is 0.210 e.